The van der Waals surface area contributed by atoms with Gasteiger partial charge in [-0.05, 0) is 31.5 Å². The van der Waals surface area contributed by atoms with Crippen LogP contribution in [0, 0.1) is 18.3 Å². The third-order valence-corrected chi connectivity index (χ3v) is 3.25. The lowest BCUT2D eigenvalue weighted by atomic mass is 10.2. The third-order valence-electron chi connectivity index (χ3n) is 2.75. The fraction of sp³-hybridized carbons (Fsp3) is 0.267. The lowest BCUT2D eigenvalue weighted by molar-refractivity contribution is 0.947. The van der Waals surface area contributed by atoms with Crippen LogP contribution in [0.1, 0.15) is 24.6 Å². The molecular formula is C15H16BrN5. The van der Waals surface area contributed by atoms with Crippen LogP contribution in [0.2, 0.25) is 0 Å². The molecule has 2 rings (SSSR count). The lowest BCUT2D eigenvalue weighted by Crippen LogP contribution is -2.07. The first kappa shape index (κ1) is 15.3. The molecule has 2 N–H and O–H groups in total. The van der Waals surface area contributed by atoms with Crippen molar-refractivity contribution in [2.24, 2.45) is 0 Å². The standard InChI is InChI=1S/C15H16BrN5/c1-3-6-18-15-19-10(2)7-14(21-15)20-13-5-4-12(16)8-11(13)9-17/h4-5,7-8H,3,6H2,1-2H3,(H2,18,19,20,21). The van der Waals surface area contributed by atoms with Gasteiger partial charge in [0.1, 0.15) is 11.9 Å². The Bertz CT molecular complexity index is 678. The van der Waals surface area contributed by atoms with Crippen LogP contribution in [0.4, 0.5) is 17.5 Å². The maximum atomic E-state index is 9.19. The van der Waals surface area contributed by atoms with Crippen LogP contribution in [0.25, 0.3) is 0 Å². The van der Waals surface area contributed by atoms with E-state index < -0.39 is 0 Å². The van der Waals surface area contributed by atoms with Crippen LogP contribution in [0.5, 0.6) is 0 Å². The van der Waals surface area contributed by atoms with E-state index in [0.717, 1.165) is 28.8 Å². The van der Waals surface area contributed by atoms with Gasteiger partial charge in [0.05, 0.1) is 11.3 Å². The Morgan fingerprint density at radius 1 is 1.29 bits per heavy atom. The summed E-state index contributed by atoms with van der Waals surface area (Å²) in [5.74, 6) is 1.26. The second kappa shape index (κ2) is 7.04. The predicted molar refractivity (Wildman–Crippen MR) is 87.7 cm³/mol. The summed E-state index contributed by atoms with van der Waals surface area (Å²) in [6, 6.07) is 9.52. The number of nitriles is 1. The minimum atomic E-state index is 0.559. The van der Waals surface area contributed by atoms with Gasteiger partial charge in [0.2, 0.25) is 5.95 Å². The van der Waals surface area contributed by atoms with Gasteiger partial charge in [-0.3, -0.25) is 0 Å². The molecule has 108 valence electrons. The van der Waals surface area contributed by atoms with Crippen LogP contribution in [-0.2, 0) is 0 Å². The molecule has 0 fully saturated rings. The quantitative estimate of drug-likeness (QED) is 0.857. The average Bonchev–Trinajstić information content (AvgIpc) is 2.46. The van der Waals surface area contributed by atoms with Gasteiger partial charge >= 0.3 is 0 Å². The fourth-order valence-corrected chi connectivity index (χ4v) is 2.17. The van der Waals surface area contributed by atoms with Gasteiger partial charge in [0.25, 0.3) is 0 Å². The van der Waals surface area contributed by atoms with E-state index in [-0.39, 0.29) is 0 Å². The molecule has 1 aromatic heterocycles. The maximum absolute atomic E-state index is 9.19. The van der Waals surface area contributed by atoms with Gasteiger partial charge in [0.15, 0.2) is 0 Å². The second-order valence-electron chi connectivity index (χ2n) is 4.57. The summed E-state index contributed by atoms with van der Waals surface area (Å²) in [5, 5.41) is 15.5. The van der Waals surface area contributed by atoms with Crippen LogP contribution in [0.15, 0.2) is 28.7 Å². The molecule has 0 atom stereocenters. The monoisotopic (exact) mass is 345 g/mol. The lowest BCUT2D eigenvalue weighted by Gasteiger charge is -2.10. The zero-order chi connectivity index (χ0) is 15.2. The van der Waals surface area contributed by atoms with Crippen molar-refractivity contribution >= 4 is 33.4 Å². The number of nitrogens with zero attached hydrogens (tertiary/aromatic N) is 3. The van der Waals surface area contributed by atoms with Crippen molar-refractivity contribution in [2.75, 3.05) is 17.2 Å². The Kier molecular flexibility index (Phi) is 5.12. The van der Waals surface area contributed by atoms with Crippen LogP contribution >= 0.6 is 15.9 Å². The molecule has 21 heavy (non-hydrogen) atoms. The molecule has 0 aliphatic heterocycles. The van der Waals surface area contributed by atoms with Gasteiger partial charge < -0.3 is 10.6 Å². The molecule has 0 aliphatic rings. The number of halogens is 1. The zero-order valence-electron chi connectivity index (χ0n) is 11.9. The minimum absolute atomic E-state index is 0.559. The van der Waals surface area contributed by atoms with E-state index in [1.165, 1.54) is 0 Å². The van der Waals surface area contributed by atoms with Crippen LogP contribution in [0.3, 0.4) is 0 Å². The van der Waals surface area contributed by atoms with Crippen molar-refractivity contribution < 1.29 is 0 Å². The molecular weight excluding hydrogens is 330 g/mol. The van der Waals surface area contributed by atoms with E-state index in [0.29, 0.717) is 17.3 Å². The molecule has 0 aliphatic carbocycles. The Labute approximate surface area is 132 Å². The number of benzene rings is 1. The SMILES string of the molecule is CCCNc1nc(C)cc(Nc2ccc(Br)cc2C#N)n1. The van der Waals surface area contributed by atoms with Crippen LogP contribution < -0.4 is 10.6 Å². The Hall–Kier alpha value is -2.13. The van der Waals surface area contributed by atoms with Crippen molar-refractivity contribution in [2.45, 2.75) is 20.3 Å². The normalized spacial score (nSPS) is 10.0. The van der Waals surface area contributed by atoms with Crippen molar-refractivity contribution in [1.82, 2.24) is 9.97 Å². The van der Waals surface area contributed by atoms with Crippen LogP contribution in [-0.4, -0.2) is 16.5 Å². The molecule has 0 bridgehead atoms. The topological polar surface area (TPSA) is 73.6 Å². The molecule has 0 radical (unpaired) electrons. The Morgan fingerprint density at radius 2 is 2.10 bits per heavy atom. The summed E-state index contributed by atoms with van der Waals surface area (Å²) in [4.78, 5) is 8.74. The number of nitrogens with one attached hydrogen (secondary N) is 2. The van der Waals surface area contributed by atoms with Crippen molar-refractivity contribution in [3.63, 3.8) is 0 Å². The predicted octanol–water partition coefficient (Wildman–Crippen LogP) is 3.98. The molecule has 0 unspecified atom stereocenters. The van der Waals surface area contributed by atoms with Crippen molar-refractivity contribution in [3.8, 4) is 6.07 Å². The van der Waals surface area contributed by atoms with Gasteiger partial charge in [0, 0.05) is 22.8 Å². The fourth-order valence-electron chi connectivity index (χ4n) is 1.80. The highest BCUT2D eigenvalue weighted by atomic mass is 79.9. The molecule has 1 aromatic carbocycles. The number of aromatic nitrogens is 2. The van der Waals surface area contributed by atoms with Gasteiger partial charge in [-0.2, -0.15) is 10.2 Å². The number of hydrogen-bond acceptors (Lipinski definition) is 5. The molecule has 1 heterocycles. The number of hydrogen-bond donors (Lipinski definition) is 2. The molecule has 2 aromatic rings. The third kappa shape index (κ3) is 4.17. The van der Waals surface area contributed by atoms with Crippen molar-refractivity contribution in [1.29, 1.82) is 5.26 Å². The summed E-state index contributed by atoms with van der Waals surface area (Å²) in [6.45, 7) is 4.82. The zero-order valence-corrected chi connectivity index (χ0v) is 13.5. The second-order valence-corrected chi connectivity index (χ2v) is 5.49. The van der Waals surface area contributed by atoms with E-state index in [1.54, 1.807) is 6.07 Å². The van der Waals surface area contributed by atoms with E-state index in [4.69, 9.17) is 0 Å². The number of rotatable bonds is 5. The summed E-state index contributed by atoms with van der Waals surface area (Å²) in [6.07, 6.45) is 1.01. The van der Waals surface area contributed by atoms with E-state index in [1.807, 2.05) is 25.1 Å². The highest BCUT2D eigenvalue weighted by Gasteiger charge is 2.06. The molecule has 0 spiro atoms. The van der Waals surface area contributed by atoms with Crippen molar-refractivity contribution in [3.05, 3.63) is 40.0 Å². The molecule has 0 saturated carbocycles. The average molecular weight is 346 g/mol. The summed E-state index contributed by atoms with van der Waals surface area (Å²) in [5.41, 5.74) is 2.14. The number of anilines is 3. The van der Waals surface area contributed by atoms with E-state index >= 15 is 0 Å². The van der Waals surface area contributed by atoms with Gasteiger partial charge in [-0.25, -0.2) is 4.98 Å². The molecule has 0 saturated heterocycles. The largest absolute Gasteiger partial charge is 0.354 e. The number of aryl methyl sites for hydroxylation is 1. The first-order chi connectivity index (χ1) is 10.1. The Morgan fingerprint density at radius 3 is 2.81 bits per heavy atom. The maximum Gasteiger partial charge on any atom is 0.224 e. The highest BCUT2D eigenvalue weighted by Crippen LogP contribution is 2.23. The summed E-state index contributed by atoms with van der Waals surface area (Å²) >= 11 is 3.36. The molecule has 5 nitrogen and oxygen atoms in total. The molecule has 0 amide bonds. The Balaban J connectivity index is 2.27. The smallest absolute Gasteiger partial charge is 0.224 e. The minimum Gasteiger partial charge on any atom is -0.354 e. The summed E-state index contributed by atoms with van der Waals surface area (Å²) in [7, 11) is 0. The highest BCUT2D eigenvalue weighted by molar-refractivity contribution is 9.10. The molecule has 6 heteroatoms. The first-order valence-corrected chi connectivity index (χ1v) is 7.48. The summed E-state index contributed by atoms with van der Waals surface area (Å²) < 4.78 is 0.869. The van der Waals surface area contributed by atoms with Gasteiger partial charge in [-0.1, -0.05) is 22.9 Å². The van der Waals surface area contributed by atoms with Gasteiger partial charge in [-0.15, -0.1) is 0 Å². The van der Waals surface area contributed by atoms with E-state index in [9.17, 15) is 5.26 Å². The first-order valence-electron chi connectivity index (χ1n) is 6.68. The van der Waals surface area contributed by atoms with E-state index in [2.05, 4.69) is 49.5 Å².